The van der Waals surface area contributed by atoms with Crippen molar-refractivity contribution in [3.63, 3.8) is 0 Å². The number of nitrogens with two attached hydrogens (primary N) is 1. The zero-order chi connectivity index (χ0) is 13.8. The van der Waals surface area contributed by atoms with Crippen LogP contribution in [0.4, 0.5) is 4.39 Å². The van der Waals surface area contributed by atoms with Crippen LogP contribution in [0.5, 0.6) is 0 Å². The number of hydrogen-bond donors (Lipinski definition) is 1. The summed E-state index contributed by atoms with van der Waals surface area (Å²) in [5.74, 6) is 0.656. The first kappa shape index (κ1) is 14.5. The summed E-state index contributed by atoms with van der Waals surface area (Å²) in [6, 6.07) is 7.16. The van der Waals surface area contributed by atoms with Crippen molar-refractivity contribution in [1.82, 2.24) is 4.90 Å². The zero-order valence-corrected chi connectivity index (χ0v) is 12.0. The highest BCUT2D eigenvalue weighted by molar-refractivity contribution is 5.20. The van der Waals surface area contributed by atoms with E-state index in [-0.39, 0.29) is 11.9 Å². The summed E-state index contributed by atoms with van der Waals surface area (Å²) in [7, 11) is 2.14. The molecule has 2 nitrogen and oxygen atoms in total. The Bertz CT molecular complexity index is 399. The smallest absolute Gasteiger partial charge is 0.123 e. The summed E-state index contributed by atoms with van der Waals surface area (Å²) >= 11 is 0. The van der Waals surface area contributed by atoms with Crippen LogP contribution in [-0.2, 0) is 0 Å². The molecule has 0 radical (unpaired) electrons. The summed E-state index contributed by atoms with van der Waals surface area (Å²) in [6.07, 6.45) is 5.13. The van der Waals surface area contributed by atoms with Gasteiger partial charge in [-0.3, -0.25) is 0 Å². The molecule has 3 heteroatoms. The van der Waals surface area contributed by atoms with Gasteiger partial charge < -0.3 is 10.6 Å². The van der Waals surface area contributed by atoms with Gasteiger partial charge in [-0.1, -0.05) is 19.1 Å². The molecule has 19 heavy (non-hydrogen) atoms. The molecule has 0 aromatic heterocycles. The molecule has 0 aliphatic heterocycles. The predicted molar refractivity (Wildman–Crippen MR) is 77.4 cm³/mol. The average Bonchev–Trinajstić information content (AvgIpc) is 2.39. The van der Waals surface area contributed by atoms with Gasteiger partial charge in [-0.05, 0) is 56.3 Å². The molecule has 2 N–H and O–H groups in total. The first-order chi connectivity index (χ1) is 9.06. The molecular weight excluding hydrogens is 239 g/mol. The second-order valence-electron chi connectivity index (χ2n) is 6.01. The standard InChI is InChI=1S/C16H25FN2/c1-12-6-8-15(9-7-12)19(2)11-16(18)13-4-3-5-14(17)10-13/h3-5,10,12,15-16H,6-9,11,18H2,1-2H3. The van der Waals surface area contributed by atoms with E-state index in [1.54, 1.807) is 12.1 Å². The quantitative estimate of drug-likeness (QED) is 0.903. The maximum atomic E-state index is 13.2. The minimum atomic E-state index is -0.206. The van der Waals surface area contributed by atoms with Gasteiger partial charge in [0.2, 0.25) is 0 Å². The Morgan fingerprint density at radius 2 is 2.00 bits per heavy atom. The molecule has 0 heterocycles. The number of hydrogen-bond acceptors (Lipinski definition) is 2. The molecule has 1 atom stereocenters. The van der Waals surface area contributed by atoms with E-state index in [0.717, 1.165) is 18.0 Å². The molecule has 0 spiro atoms. The van der Waals surface area contributed by atoms with Gasteiger partial charge in [0.05, 0.1) is 0 Å². The molecular formula is C16H25FN2. The SMILES string of the molecule is CC1CCC(N(C)CC(N)c2cccc(F)c2)CC1. The van der Waals surface area contributed by atoms with Crippen molar-refractivity contribution in [2.24, 2.45) is 11.7 Å². The van der Waals surface area contributed by atoms with Gasteiger partial charge in [0, 0.05) is 18.6 Å². The van der Waals surface area contributed by atoms with E-state index < -0.39 is 0 Å². The van der Waals surface area contributed by atoms with Crippen LogP contribution in [0, 0.1) is 11.7 Å². The Kier molecular flexibility index (Phi) is 4.94. The van der Waals surface area contributed by atoms with Crippen LogP contribution >= 0.6 is 0 Å². The zero-order valence-electron chi connectivity index (χ0n) is 12.0. The Morgan fingerprint density at radius 1 is 1.32 bits per heavy atom. The Balaban J connectivity index is 1.89. The van der Waals surface area contributed by atoms with Gasteiger partial charge in [0.15, 0.2) is 0 Å². The third-order valence-corrected chi connectivity index (χ3v) is 4.37. The molecule has 2 rings (SSSR count). The lowest BCUT2D eigenvalue weighted by atomic mass is 9.86. The van der Waals surface area contributed by atoms with E-state index in [1.165, 1.54) is 31.7 Å². The van der Waals surface area contributed by atoms with E-state index in [4.69, 9.17) is 5.73 Å². The molecule has 1 aromatic carbocycles. The van der Waals surface area contributed by atoms with Crippen molar-refractivity contribution in [1.29, 1.82) is 0 Å². The number of likely N-dealkylation sites (N-methyl/N-ethyl adjacent to an activating group) is 1. The molecule has 1 aliphatic rings. The number of nitrogens with zero attached hydrogens (tertiary/aromatic N) is 1. The molecule has 1 saturated carbocycles. The van der Waals surface area contributed by atoms with Crippen molar-refractivity contribution < 1.29 is 4.39 Å². The minimum Gasteiger partial charge on any atom is -0.323 e. The third kappa shape index (κ3) is 4.02. The van der Waals surface area contributed by atoms with Crippen molar-refractivity contribution in [2.45, 2.75) is 44.7 Å². The molecule has 1 aromatic rings. The van der Waals surface area contributed by atoms with E-state index in [9.17, 15) is 4.39 Å². The van der Waals surface area contributed by atoms with Crippen molar-refractivity contribution >= 4 is 0 Å². The maximum Gasteiger partial charge on any atom is 0.123 e. The highest BCUT2D eigenvalue weighted by atomic mass is 19.1. The Morgan fingerprint density at radius 3 is 2.63 bits per heavy atom. The number of rotatable bonds is 4. The topological polar surface area (TPSA) is 29.3 Å². The molecule has 106 valence electrons. The molecule has 1 aliphatic carbocycles. The second-order valence-corrected chi connectivity index (χ2v) is 6.01. The fourth-order valence-electron chi connectivity index (χ4n) is 2.99. The monoisotopic (exact) mass is 264 g/mol. The van der Waals surface area contributed by atoms with Gasteiger partial charge in [-0.15, -0.1) is 0 Å². The third-order valence-electron chi connectivity index (χ3n) is 4.37. The van der Waals surface area contributed by atoms with Gasteiger partial charge in [0.1, 0.15) is 5.82 Å². The molecule has 0 bridgehead atoms. The lowest BCUT2D eigenvalue weighted by Crippen LogP contribution is -2.39. The molecule has 0 saturated heterocycles. The summed E-state index contributed by atoms with van der Waals surface area (Å²) in [6.45, 7) is 3.12. The summed E-state index contributed by atoms with van der Waals surface area (Å²) in [5.41, 5.74) is 7.08. The van der Waals surface area contributed by atoms with Gasteiger partial charge in [-0.2, -0.15) is 0 Å². The number of halogens is 1. The normalized spacial score (nSPS) is 25.5. The van der Waals surface area contributed by atoms with E-state index >= 15 is 0 Å². The molecule has 1 fully saturated rings. The van der Waals surface area contributed by atoms with Crippen LogP contribution in [0.2, 0.25) is 0 Å². The van der Waals surface area contributed by atoms with Crippen LogP contribution in [0.15, 0.2) is 24.3 Å². The van der Waals surface area contributed by atoms with Crippen molar-refractivity contribution in [3.8, 4) is 0 Å². The van der Waals surface area contributed by atoms with E-state index in [2.05, 4.69) is 18.9 Å². The van der Waals surface area contributed by atoms with Gasteiger partial charge in [-0.25, -0.2) is 4.39 Å². The lowest BCUT2D eigenvalue weighted by molar-refractivity contribution is 0.162. The Labute approximate surface area is 115 Å². The summed E-state index contributed by atoms with van der Waals surface area (Å²) in [5, 5.41) is 0. The largest absolute Gasteiger partial charge is 0.323 e. The van der Waals surface area contributed by atoms with Crippen molar-refractivity contribution in [2.75, 3.05) is 13.6 Å². The van der Waals surface area contributed by atoms with Gasteiger partial charge >= 0.3 is 0 Å². The highest BCUT2D eigenvalue weighted by Crippen LogP contribution is 2.27. The van der Waals surface area contributed by atoms with Crippen LogP contribution in [-0.4, -0.2) is 24.5 Å². The summed E-state index contributed by atoms with van der Waals surface area (Å²) < 4.78 is 13.2. The minimum absolute atomic E-state index is 0.111. The Hall–Kier alpha value is -0.930. The van der Waals surface area contributed by atoms with Crippen LogP contribution in [0.3, 0.4) is 0 Å². The highest BCUT2D eigenvalue weighted by Gasteiger charge is 2.23. The molecule has 0 amide bonds. The predicted octanol–water partition coefficient (Wildman–Crippen LogP) is 3.34. The van der Waals surface area contributed by atoms with Crippen LogP contribution in [0.25, 0.3) is 0 Å². The average molecular weight is 264 g/mol. The first-order valence-corrected chi connectivity index (χ1v) is 7.27. The van der Waals surface area contributed by atoms with Crippen molar-refractivity contribution in [3.05, 3.63) is 35.6 Å². The van der Waals surface area contributed by atoms with Gasteiger partial charge in [0.25, 0.3) is 0 Å². The number of benzene rings is 1. The second kappa shape index (κ2) is 6.49. The lowest BCUT2D eigenvalue weighted by Gasteiger charge is -2.35. The fourth-order valence-corrected chi connectivity index (χ4v) is 2.99. The first-order valence-electron chi connectivity index (χ1n) is 7.27. The van der Waals surface area contributed by atoms with Crippen LogP contribution in [0.1, 0.15) is 44.2 Å². The summed E-state index contributed by atoms with van der Waals surface area (Å²) in [4.78, 5) is 2.35. The van der Waals surface area contributed by atoms with E-state index in [1.807, 2.05) is 6.07 Å². The van der Waals surface area contributed by atoms with E-state index in [0.29, 0.717) is 6.04 Å². The fraction of sp³-hybridized carbons (Fsp3) is 0.625. The molecule has 1 unspecified atom stereocenters. The van der Waals surface area contributed by atoms with Crippen LogP contribution < -0.4 is 5.73 Å². The maximum absolute atomic E-state index is 13.2.